The van der Waals surface area contributed by atoms with Crippen LogP contribution in [-0.2, 0) is 0 Å². The summed E-state index contributed by atoms with van der Waals surface area (Å²) in [7, 11) is 0. The fourth-order valence-corrected chi connectivity index (χ4v) is 9.45. The maximum Gasteiger partial charge on any atom is 0.136 e. The molecular formula is C60H39NO. The van der Waals surface area contributed by atoms with Gasteiger partial charge in [0.1, 0.15) is 11.2 Å². The van der Waals surface area contributed by atoms with Crippen LogP contribution in [0.2, 0.25) is 0 Å². The minimum Gasteiger partial charge on any atom is -0.456 e. The standard InChI is InChI=1S/C60H39NO/c1-3-15-40(16-4-1)50-33-32-48(39-55(50)41-17-5-2-6-18-41)61(47-30-27-42(28-31-47)54-36-45-21-9-10-22-49(45)52-24-11-12-25-53(52)54)58-26-14-13-23-51(58)46-29-34-59-56(37-46)57-35-43-19-7-8-20-44(43)38-60(57)62-59/h1-39H. The van der Waals surface area contributed by atoms with E-state index in [9.17, 15) is 0 Å². The molecule has 1 aromatic heterocycles. The third-order valence-corrected chi connectivity index (χ3v) is 12.4. The van der Waals surface area contributed by atoms with Crippen molar-refractivity contribution in [2.45, 2.75) is 0 Å². The highest BCUT2D eigenvalue weighted by molar-refractivity contribution is 6.14. The number of hydrogen-bond acceptors (Lipinski definition) is 2. The van der Waals surface area contributed by atoms with Crippen molar-refractivity contribution in [1.82, 2.24) is 0 Å². The number of rotatable bonds is 7. The van der Waals surface area contributed by atoms with Gasteiger partial charge in [-0.25, -0.2) is 0 Å². The van der Waals surface area contributed by atoms with Crippen LogP contribution in [0.25, 0.3) is 98.8 Å². The monoisotopic (exact) mass is 789 g/mol. The average Bonchev–Trinajstić information content (AvgIpc) is 3.70. The highest BCUT2D eigenvalue weighted by atomic mass is 16.3. The molecule has 0 radical (unpaired) electrons. The molecule has 0 atom stereocenters. The molecule has 0 N–H and O–H groups in total. The number of anilines is 3. The van der Waals surface area contributed by atoms with E-state index in [1.54, 1.807) is 0 Å². The first kappa shape index (κ1) is 35.7. The molecule has 2 nitrogen and oxygen atoms in total. The zero-order valence-corrected chi connectivity index (χ0v) is 33.9. The van der Waals surface area contributed by atoms with Crippen molar-refractivity contribution in [2.75, 3.05) is 4.90 Å². The minimum absolute atomic E-state index is 0.884. The third-order valence-electron chi connectivity index (χ3n) is 12.4. The third kappa shape index (κ3) is 6.12. The van der Waals surface area contributed by atoms with Gasteiger partial charge in [-0.3, -0.25) is 0 Å². The van der Waals surface area contributed by atoms with E-state index >= 15 is 0 Å². The molecule has 0 aliphatic carbocycles. The maximum absolute atomic E-state index is 6.46. The van der Waals surface area contributed by atoms with Crippen LogP contribution >= 0.6 is 0 Å². The molecule has 0 unspecified atom stereocenters. The molecule has 0 aliphatic rings. The van der Waals surface area contributed by atoms with Gasteiger partial charge in [0, 0.05) is 27.7 Å². The molecule has 0 saturated heterocycles. The molecule has 290 valence electrons. The smallest absolute Gasteiger partial charge is 0.136 e. The lowest BCUT2D eigenvalue weighted by molar-refractivity contribution is 0.669. The Morgan fingerprint density at radius 2 is 0.823 bits per heavy atom. The van der Waals surface area contributed by atoms with Crippen LogP contribution in [0.15, 0.2) is 241 Å². The van der Waals surface area contributed by atoms with E-state index < -0.39 is 0 Å². The van der Waals surface area contributed by atoms with Crippen LogP contribution in [0.5, 0.6) is 0 Å². The summed E-state index contributed by atoms with van der Waals surface area (Å²) in [5.74, 6) is 0. The molecule has 2 heteroatoms. The van der Waals surface area contributed by atoms with Crippen LogP contribution in [-0.4, -0.2) is 0 Å². The van der Waals surface area contributed by atoms with Gasteiger partial charge in [0.25, 0.3) is 0 Å². The van der Waals surface area contributed by atoms with Crippen molar-refractivity contribution in [1.29, 1.82) is 0 Å². The zero-order valence-electron chi connectivity index (χ0n) is 33.9. The predicted molar refractivity (Wildman–Crippen MR) is 263 cm³/mol. The van der Waals surface area contributed by atoms with E-state index in [0.29, 0.717) is 0 Å². The van der Waals surface area contributed by atoms with Crippen molar-refractivity contribution >= 4 is 71.3 Å². The van der Waals surface area contributed by atoms with Crippen LogP contribution < -0.4 is 4.90 Å². The van der Waals surface area contributed by atoms with E-state index in [0.717, 1.165) is 50.1 Å². The molecule has 0 spiro atoms. The van der Waals surface area contributed by atoms with E-state index in [1.807, 2.05) is 0 Å². The van der Waals surface area contributed by atoms with Gasteiger partial charge in [-0.1, -0.05) is 176 Å². The van der Waals surface area contributed by atoms with E-state index in [1.165, 1.54) is 65.7 Å². The van der Waals surface area contributed by atoms with Crippen LogP contribution in [0.3, 0.4) is 0 Å². The van der Waals surface area contributed by atoms with Crippen molar-refractivity contribution in [3.05, 3.63) is 237 Å². The summed E-state index contributed by atoms with van der Waals surface area (Å²) in [6.07, 6.45) is 0. The molecule has 0 amide bonds. The first-order chi connectivity index (χ1) is 30.7. The Hall–Kier alpha value is -8.20. The van der Waals surface area contributed by atoms with Crippen molar-refractivity contribution < 1.29 is 4.42 Å². The Labute approximate surface area is 360 Å². The fraction of sp³-hybridized carbons (Fsp3) is 0. The summed E-state index contributed by atoms with van der Waals surface area (Å²) in [6, 6.07) is 85.6. The largest absolute Gasteiger partial charge is 0.456 e. The van der Waals surface area contributed by atoms with Gasteiger partial charge in [-0.2, -0.15) is 0 Å². The molecule has 62 heavy (non-hydrogen) atoms. The summed E-state index contributed by atoms with van der Waals surface area (Å²) >= 11 is 0. The number of benzene rings is 11. The van der Waals surface area contributed by atoms with Gasteiger partial charge in [0.2, 0.25) is 0 Å². The molecule has 12 rings (SSSR count). The number of hydrogen-bond donors (Lipinski definition) is 0. The van der Waals surface area contributed by atoms with Gasteiger partial charge in [-0.15, -0.1) is 0 Å². The zero-order chi connectivity index (χ0) is 41.0. The van der Waals surface area contributed by atoms with Crippen molar-refractivity contribution in [3.63, 3.8) is 0 Å². The quantitative estimate of drug-likeness (QED) is 0.150. The first-order valence-electron chi connectivity index (χ1n) is 21.2. The Morgan fingerprint density at radius 3 is 1.60 bits per heavy atom. The fourth-order valence-electron chi connectivity index (χ4n) is 9.45. The normalized spacial score (nSPS) is 11.5. The van der Waals surface area contributed by atoms with E-state index in [4.69, 9.17) is 4.42 Å². The predicted octanol–water partition coefficient (Wildman–Crippen LogP) is 17.2. The van der Waals surface area contributed by atoms with E-state index in [-0.39, 0.29) is 0 Å². The summed E-state index contributed by atoms with van der Waals surface area (Å²) in [6.45, 7) is 0. The molecule has 12 aromatic rings. The summed E-state index contributed by atoms with van der Waals surface area (Å²) < 4.78 is 6.46. The lowest BCUT2D eigenvalue weighted by Crippen LogP contribution is -2.11. The highest BCUT2D eigenvalue weighted by Gasteiger charge is 2.21. The lowest BCUT2D eigenvalue weighted by atomic mass is 9.92. The molecular weight excluding hydrogens is 751 g/mol. The van der Waals surface area contributed by atoms with Gasteiger partial charge < -0.3 is 9.32 Å². The van der Waals surface area contributed by atoms with Crippen LogP contribution in [0.4, 0.5) is 17.1 Å². The minimum atomic E-state index is 0.884. The molecule has 0 bridgehead atoms. The van der Waals surface area contributed by atoms with Crippen LogP contribution in [0.1, 0.15) is 0 Å². The maximum atomic E-state index is 6.46. The Morgan fingerprint density at radius 1 is 0.258 bits per heavy atom. The molecule has 0 aliphatic heterocycles. The second kappa shape index (κ2) is 14.8. The molecule has 1 heterocycles. The summed E-state index contributed by atoms with van der Waals surface area (Å²) in [5, 5.41) is 9.63. The van der Waals surface area contributed by atoms with Gasteiger partial charge in [-0.05, 0) is 132 Å². The van der Waals surface area contributed by atoms with Gasteiger partial charge in [0.15, 0.2) is 0 Å². The van der Waals surface area contributed by atoms with Gasteiger partial charge >= 0.3 is 0 Å². The SMILES string of the molecule is c1ccc(-c2ccc(N(c3ccc(-c4cc5ccccc5c5ccccc45)cc3)c3ccccc3-c3ccc4oc5cc6ccccc6cc5c4c3)cc2-c2ccccc2)cc1. The lowest BCUT2D eigenvalue weighted by Gasteiger charge is -2.29. The molecule has 0 saturated carbocycles. The topological polar surface area (TPSA) is 16.4 Å². The Bertz CT molecular complexity index is 3620. The second-order valence-electron chi connectivity index (χ2n) is 16.1. The van der Waals surface area contributed by atoms with Gasteiger partial charge in [0.05, 0.1) is 5.69 Å². The summed E-state index contributed by atoms with van der Waals surface area (Å²) in [4.78, 5) is 2.42. The van der Waals surface area contributed by atoms with E-state index in [2.05, 4.69) is 241 Å². The number of nitrogens with zero attached hydrogens (tertiary/aromatic N) is 1. The molecule has 0 fully saturated rings. The number of furan rings is 1. The van der Waals surface area contributed by atoms with Crippen LogP contribution in [0, 0.1) is 0 Å². The average molecular weight is 790 g/mol. The Balaban J connectivity index is 1.06. The Kier molecular flexibility index (Phi) is 8.53. The van der Waals surface area contributed by atoms with Crippen molar-refractivity contribution in [2.24, 2.45) is 0 Å². The second-order valence-corrected chi connectivity index (χ2v) is 16.1. The van der Waals surface area contributed by atoms with Crippen molar-refractivity contribution in [3.8, 4) is 44.5 Å². The number of fused-ring (bicyclic) bond motifs is 7. The highest BCUT2D eigenvalue weighted by Crippen LogP contribution is 2.46. The molecule has 11 aromatic carbocycles. The first-order valence-corrected chi connectivity index (χ1v) is 21.2. The summed E-state index contributed by atoms with van der Waals surface area (Å²) in [5.41, 5.74) is 14.4. The number of para-hydroxylation sites is 1.